The lowest BCUT2D eigenvalue weighted by atomic mass is 10.1. The summed E-state index contributed by atoms with van der Waals surface area (Å²) >= 11 is 7.59. The van der Waals surface area contributed by atoms with Crippen LogP contribution < -0.4 is 5.32 Å². The van der Waals surface area contributed by atoms with E-state index in [0.717, 1.165) is 62.2 Å². The highest BCUT2D eigenvalue weighted by Gasteiger charge is 2.23. The van der Waals surface area contributed by atoms with Crippen LogP contribution in [0.15, 0.2) is 17.1 Å². The van der Waals surface area contributed by atoms with E-state index in [1.54, 1.807) is 11.3 Å². The summed E-state index contributed by atoms with van der Waals surface area (Å²) in [5.41, 5.74) is 0. The molecule has 1 aromatic heterocycles. The molecule has 1 atom stereocenters. The summed E-state index contributed by atoms with van der Waals surface area (Å²) in [5.74, 6) is 1.71. The largest absolute Gasteiger partial charge is 0.381 e. The van der Waals surface area contributed by atoms with Crippen molar-refractivity contribution < 1.29 is 4.74 Å². The second kappa shape index (κ2) is 8.33. The van der Waals surface area contributed by atoms with Crippen LogP contribution in [0.3, 0.4) is 0 Å². The number of nitrogens with zero attached hydrogens (tertiary/aromatic N) is 3. The Bertz CT molecular complexity index is 522. The minimum absolute atomic E-state index is 0.725. The first-order valence-electron chi connectivity index (χ1n) is 8.24. The summed E-state index contributed by atoms with van der Waals surface area (Å²) in [5, 5.41) is 3.45. The molecule has 5 nitrogen and oxygen atoms in total. The van der Waals surface area contributed by atoms with Gasteiger partial charge in [0, 0.05) is 51.3 Å². The maximum Gasteiger partial charge on any atom is 0.194 e. The molecule has 0 radical (unpaired) electrons. The number of hydrogen-bond acceptors (Lipinski definition) is 4. The third-order valence-corrected chi connectivity index (χ3v) is 5.70. The van der Waals surface area contributed by atoms with Gasteiger partial charge in [-0.3, -0.25) is 9.89 Å². The number of hydrogen-bond donors (Lipinski definition) is 1. The van der Waals surface area contributed by atoms with Gasteiger partial charge in [0.15, 0.2) is 5.96 Å². The Morgan fingerprint density at radius 2 is 2.22 bits per heavy atom. The summed E-state index contributed by atoms with van der Waals surface area (Å²) in [6, 6.07) is 4.01. The maximum atomic E-state index is 5.98. The second-order valence-electron chi connectivity index (χ2n) is 6.12. The molecule has 2 fully saturated rings. The van der Waals surface area contributed by atoms with Gasteiger partial charge in [0.05, 0.1) is 17.5 Å². The molecule has 1 aromatic rings. The van der Waals surface area contributed by atoms with E-state index in [1.807, 2.05) is 13.1 Å². The predicted molar refractivity (Wildman–Crippen MR) is 96.5 cm³/mol. The molecular weight excluding hydrogens is 332 g/mol. The zero-order valence-corrected chi connectivity index (χ0v) is 15.2. The lowest BCUT2D eigenvalue weighted by Crippen LogP contribution is -2.53. The highest BCUT2D eigenvalue weighted by atomic mass is 35.5. The van der Waals surface area contributed by atoms with Crippen molar-refractivity contribution in [3.8, 4) is 0 Å². The summed E-state index contributed by atoms with van der Waals surface area (Å²) in [6.45, 7) is 8.08. The Morgan fingerprint density at radius 1 is 1.39 bits per heavy atom. The molecule has 0 aliphatic carbocycles. The van der Waals surface area contributed by atoms with E-state index >= 15 is 0 Å². The molecule has 1 unspecified atom stereocenters. The van der Waals surface area contributed by atoms with Gasteiger partial charge in [-0.15, -0.1) is 11.3 Å². The van der Waals surface area contributed by atoms with Gasteiger partial charge in [0.2, 0.25) is 0 Å². The molecule has 0 amide bonds. The van der Waals surface area contributed by atoms with Crippen LogP contribution in [0.5, 0.6) is 0 Å². The number of nitrogens with one attached hydrogen (secondary N) is 1. The highest BCUT2D eigenvalue weighted by molar-refractivity contribution is 7.16. The van der Waals surface area contributed by atoms with Crippen LogP contribution in [0.1, 0.15) is 11.3 Å². The Balaban J connectivity index is 1.43. The Morgan fingerprint density at radius 3 is 2.83 bits per heavy atom. The molecule has 1 N–H and O–H groups in total. The van der Waals surface area contributed by atoms with Crippen LogP contribution in [0, 0.1) is 5.92 Å². The van der Waals surface area contributed by atoms with Gasteiger partial charge in [-0.05, 0) is 24.5 Å². The number of halogens is 1. The average Bonchev–Trinajstić information content (AvgIpc) is 3.21. The fourth-order valence-corrected chi connectivity index (χ4v) is 4.21. The minimum Gasteiger partial charge on any atom is -0.381 e. The molecule has 0 spiro atoms. The molecule has 128 valence electrons. The van der Waals surface area contributed by atoms with Crippen molar-refractivity contribution in [3.05, 3.63) is 21.3 Å². The van der Waals surface area contributed by atoms with Crippen LogP contribution in [-0.4, -0.2) is 68.7 Å². The SMILES string of the molecule is CN=C(NCc1ccc(Cl)s1)N1CCN(CC2CCOC2)CC1. The minimum atomic E-state index is 0.725. The maximum absolute atomic E-state index is 5.98. The van der Waals surface area contributed by atoms with E-state index in [9.17, 15) is 0 Å². The second-order valence-corrected chi connectivity index (χ2v) is 7.92. The summed E-state index contributed by atoms with van der Waals surface area (Å²) in [4.78, 5) is 10.6. The van der Waals surface area contributed by atoms with Gasteiger partial charge in [-0.2, -0.15) is 0 Å². The predicted octanol–water partition coefficient (Wildman–Crippen LogP) is 2.13. The average molecular weight is 357 g/mol. The van der Waals surface area contributed by atoms with Crippen LogP contribution >= 0.6 is 22.9 Å². The van der Waals surface area contributed by atoms with E-state index < -0.39 is 0 Å². The third-order valence-electron chi connectivity index (χ3n) is 4.47. The van der Waals surface area contributed by atoms with Crippen molar-refractivity contribution in [2.75, 3.05) is 53.0 Å². The molecule has 0 bridgehead atoms. The zero-order chi connectivity index (χ0) is 16.1. The first kappa shape index (κ1) is 17.0. The van der Waals surface area contributed by atoms with E-state index in [1.165, 1.54) is 17.8 Å². The Labute approximate surface area is 147 Å². The molecule has 3 heterocycles. The number of aliphatic imine (C=N–C) groups is 1. The van der Waals surface area contributed by atoms with Gasteiger partial charge in [-0.25, -0.2) is 0 Å². The molecular formula is C16H25ClN4OS. The molecule has 2 aliphatic heterocycles. The zero-order valence-electron chi connectivity index (χ0n) is 13.6. The van der Waals surface area contributed by atoms with E-state index in [0.29, 0.717) is 0 Å². The van der Waals surface area contributed by atoms with Gasteiger partial charge < -0.3 is 15.0 Å². The van der Waals surface area contributed by atoms with Crippen LogP contribution in [-0.2, 0) is 11.3 Å². The topological polar surface area (TPSA) is 40.1 Å². The third kappa shape index (κ3) is 4.83. The fraction of sp³-hybridized carbons (Fsp3) is 0.688. The molecule has 0 saturated carbocycles. The number of piperazine rings is 1. The summed E-state index contributed by atoms with van der Waals surface area (Å²) in [6.07, 6.45) is 1.22. The quantitative estimate of drug-likeness (QED) is 0.662. The molecule has 0 aromatic carbocycles. The van der Waals surface area contributed by atoms with E-state index in [2.05, 4.69) is 26.2 Å². The number of guanidine groups is 1. The molecule has 2 saturated heterocycles. The van der Waals surface area contributed by atoms with Crippen molar-refractivity contribution in [2.24, 2.45) is 10.9 Å². The van der Waals surface area contributed by atoms with Crippen molar-refractivity contribution >= 4 is 28.9 Å². The van der Waals surface area contributed by atoms with Crippen LogP contribution in [0.25, 0.3) is 0 Å². The van der Waals surface area contributed by atoms with Crippen molar-refractivity contribution in [3.63, 3.8) is 0 Å². The lowest BCUT2D eigenvalue weighted by molar-refractivity contribution is 0.139. The van der Waals surface area contributed by atoms with Gasteiger partial charge >= 0.3 is 0 Å². The standard InChI is InChI=1S/C16H25ClN4OS/c1-18-16(19-10-14-2-3-15(17)23-14)21-7-5-20(6-8-21)11-13-4-9-22-12-13/h2-3,13H,4-12H2,1H3,(H,18,19). The first-order chi connectivity index (χ1) is 11.2. The number of thiophene rings is 1. The van der Waals surface area contributed by atoms with Crippen molar-refractivity contribution in [1.82, 2.24) is 15.1 Å². The molecule has 7 heteroatoms. The smallest absolute Gasteiger partial charge is 0.194 e. The molecule has 3 rings (SSSR count). The van der Waals surface area contributed by atoms with Crippen molar-refractivity contribution in [2.45, 2.75) is 13.0 Å². The van der Waals surface area contributed by atoms with Gasteiger partial charge in [0.1, 0.15) is 0 Å². The Hall–Kier alpha value is -0.820. The van der Waals surface area contributed by atoms with Gasteiger partial charge in [0.25, 0.3) is 0 Å². The summed E-state index contributed by atoms with van der Waals surface area (Å²) < 4.78 is 6.31. The van der Waals surface area contributed by atoms with E-state index in [-0.39, 0.29) is 0 Å². The van der Waals surface area contributed by atoms with Gasteiger partial charge in [-0.1, -0.05) is 11.6 Å². The molecule has 2 aliphatic rings. The number of ether oxygens (including phenoxy) is 1. The fourth-order valence-electron chi connectivity index (χ4n) is 3.18. The Kier molecular flexibility index (Phi) is 6.16. The molecule has 23 heavy (non-hydrogen) atoms. The monoisotopic (exact) mass is 356 g/mol. The summed E-state index contributed by atoms with van der Waals surface area (Å²) in [7, 11) is 1.85. The normalized spacial score (nSPS) is 23.5. The van der Waals surface area contributed by atoms with Crippen molar-refractivity contribution in [1.29, 1.82) is 0 Å². The lowest BCUT2D eigenvalue weighted by Gasteiger charge is -2.37. The van der Waals surface area contributed by atoms with Crippen LogP contribution in [0.2, 0.25) is 4.34 Å². The van der Waals surface area contributed by atoms with E-state index in [4.69, 9.17) is 16.3 Å². The first-order valence-corrected chi connectivity index (χ1v) is 9.44. The number of rotatable bonds is 4. The highest BCUT2D eigenvalue weighted by Crippen LogP contribution is 2.21. The van der Waals surface area contributed by atoms with Crippen LogP contribution in [0.4, 0.5) is 0 Å².